The molecule has 0 spiro atoms. The predicted molar refractivity (Wildman–Crippen MR) is 115 cm³/mol. The summed E-state index contributed by atoms with van der Waals surface area (Å²) in [5.74, 6) is 0. The lowest BCUT2D eigenvalue weighted by Crippen LogP contribution is -2.45. The number of ether oxygens (including phenoxy) is 1. The molecule has 0 aromatic heterocycles. The third-order valence-corrected chi connectivity index (χ3v) is 6.53. The summed E-state index contributed by atoms with van der Waals surface area (Å²) in [6, 6.07) is 16.7. The standard InChI is InChI=1S/C13H18N2.C10H12N2O2/c1-13-8-9-14(2)12(13)15(3)11-7-5-4-6-10(11)13;11-10(13)14-9-8-4-2-1-3-7(8)5-6-12-9/h4-7,12H,8-9H2,1-3H3;1-4,9,12H,5-6H2,(H2,11,13). The molecule has 6 heteroatoms. The van der Waals surface area contributed by atoms with Gasteiger partial charge in [-0.05, 0) is 37.1 Å². The van der Waals surface area contributed by atoms with Crippen molar-refractivity contribution in [1.82, 2.24) is 10.2 Å². The van der Waals surface area contributed by atoms with Gasteiger partial charge in [-0.15, -0.1) is 0 Å². The Morgan fingerprint density at radius 3 is 2.69 bits per heavy atom. The summed E-state index contributed by atoms with van der Waals surface area (Å²) in [5.41, 5.74) is 10.5. The van der Waals surface area contributed by atoms with Crippen LogP contribution in [0, 0.1) is 0 Å². The number of hydrogen-bond acceptors (Lipinski definition) is 5. The second kappa shape index (κ2) is 7.69. The number of fused-ring (bicyclic) bond motifs is 4. The van der Waals surface area contributed by atoms with Gasteiger partial charge in [0.1, 0.15) is 0 Å². The van der Waals surface area contributed by atoms with Gasteiger partial charge in [-0.3, -0.25) is 10.2 Å². The van der Waals surface area contributed by atoms with Gasteiger partial charge in [0.25, 0.3) is 0 Å². The normalized spacial score (nSPS) is 27.3. The fourth-order valence-corrected chi connectivity index (χ4v) is 5.23. The Kier molecular flexibility index (Phi) is 5.23. The number of nitrogens with two attached hydrogens (primary N) is 1. The maximum atomic E-state index is 10.6. The van der Waals surface area contributed by atoms with Gasteiger partial charge >= 0.3 is 6.09 Å². The zero-order valence-corrected chi connectivity index (χ0v) is 17.4. The summed E-state index contributed by atoms with van der Waals surface area (Å²) in [7, 11) is 4.45. The first-order valence-electron chi connectivity index (χ1n) is 10.2. The Labute approximate surface area is 172 Å². The van der Waals surface area contributed by atoms with Crippen LogP contribution < -0.4 is 16.0 Å². The number of primary amides is 1. The molecule has 0 radical (unpaired) electrons. The lowest BCUT2D eigenvalue weighted by molar-refractivity contribution is 0.0816. The summed E-state index contributed by atoms with van der Waals surface area (Å²) in [4.78, 5) is 15.5. The highest BCUT2D eigenvalue weighted by molar-refractivity contribution is 5.65. The number of rotatable bonds is 1. The average molecular weight is 395 g/mol. The van der Waals surface area contributed by atoms with E-state index < -0.39 is 12.3 Å². The molecule has 3 unspecified atom stereocenters. The lowest BCUT2D eigenvalue weighted by atomic mass is 9.81. The highest BCUT2D eigenvalue weighted by atomic mass is 16.6. The quantitative estimate of drug-likeness (QED) is 0.778. The molecule has 2 aromatic rings. The molecule has 29 heavy (non-hydrogen) atoms. The monoisotopic (exact) mass is 394 g/mol. The molecule has 6 nitrogen and oxygen atoms in total. The fourth-order valence-electron chi connectivity index (χ4n) is 5.23. The van der Waals surface area contributed by atoms with E-state index in [1.165, 1.54) is 29.8 Å². The minimum atomic E-state index is -0.751. The molecule has 1 saturated heterocycles. The van der Waals surface area contributed by atoms with E-state index >= 15 is 0 Å². The van der Waals surface area contributed by atoms with Crippen LogP contribution in [0.25, 0.3) is 0 Å². The molecule has 0 saturated carbocycles. The zero-order valence-electron chi connectivity index (χ0n) is 17.4. The zero-order chi connectivity index (χ0) is 20.6. The van der Waals surface area contributed by atoms with E-state index in [4.69, 9.17) is 10.5 Å². The third-order valence-electron chi connectivity index (χ3n) is 6.53. The molecule has 154 valence electrons. The summed E-state index contributed by atoms with van der Waals surface area (Å²) in [6.07, 6.45) is 1.64. The SMILES string of the molecule is CN1CCC2(C)c3ccccc3N(C)C12.NC(=O)OC1NCCc2ccccc21. The molecule has 3 aliphatic heterocycles. The molecule has 3 N–H and O–H groups in total. The Balaban J connectivity index is 0.000000142. The van der Waals surface area contributed by atoms with E-state index in [-0.39, 0.29) is 0 Å². The van der Waals surface area contributed by atoms with Crippen molar-refractivity contribution in [2.45, 2.75) is 37.6 Å². The number of anilines is 1. The van der Waals surface area contributed by atoms with Gasteiger partial charge in [0.15, 0.2) is 6.23 Å². The number of likely N-dealkylation sites (tertiary alicyclic amines) is 1. The second-order valence-electron chi connectivity index (χ2n) is 8.37. The van der Waals surface area contributed by atoms with E-state index in [2.05, 4.69) is 60.4 Å². The van der Waals surface area contributed by atoms with Gasteiger partial charge in [0.2, 0.25) is 0 Å². The average Bonchev–Trinajstić information content (AvgIpc) is 3.14. The predicted octanol–water partition coefficient (Wildman–Crippen LogP) is 2.98. The highest BCUT2D eigenvalue weighted by Crippen LogP contribution is 2.50. The van der Waals surface area contributed by atoms with Gasteiger partial charge < -0.3 is 15.4 Å². The maximum Gasteiger partial charge on any atom is 0.406 e. The van der Waals surface area contributed by atoms with Crippen LogP contribution in [0.15, 0.2) is 48.5 Å². The minimum absolute atomic E-state index is 0.333. The molecular weight excluding hydrogens is 364 g/mol. The van der Waals surface area contributed by atoms with Crippen LogP contribution in [-0.4, -0.2) is 44.3 Å². The number of likely N-dealkylation sites (N-methyl/N-ethyl adjacent to an activating group) is 2. The van der Waals surface area contributed by atoms with Gasteiger partial charge in [-0.25, -0.2) is 4.79 Å². The van der Waals surface area contributed by atoms with Crippen molar-refractivity contribution in [3.63, 3.8) is 0 Å². The Bertz CT molecular complexity index is 902. The van der Waals surface area contributed by atoms with Gasteiger partial charge in [0, 0.05) is 36.8 Å². The molecule has 5 rings (SSSR count). The van der Waals surface area contributed by atoms with Crippen molar-refractivity contribution in [3.8, 4) is 0 Å². The number of para-hydroxylation sites is 1. The number of benzene rings is 2. The smallest absolute Gasteiger partial charge is 0.406 e. The molecule has 0 bridgehead atoms. The number of carbonyl (C=O) groups excluding carboxylic acids is 1. The fraction of sp³-hybridized carbons (Fsp3) is 0.435. The highest BCUT2D eigenvalue weighted by Gasteiger charge is 2.51. The molecule has 1 amide bonds. The van der Waals surface area contributed by atoms with Crippen LogP contribution in [0.4, 0.5) is 10.5 Å². The third kappa shape index (κ3) is 3.47. The van der Waals surface area contributed by atoms with E-state index in [0.717, 1.165) is 18.5 Å². The molecule has 3 aliphatic rings. The van der Waals surface area contributed by atoms with Crippen LogP contribution in [0.2, 0.25) is 0 Å². The van der Waals surface area contributed by atoms with Crippen molar-refractivity contribution in [1.29, 1.82) is 0 Å². The van der Waals surface area contributed by atoms with Crippen LogP contribution in [0.3, 0.4) is 0 Å². The van der Waals surface area contributed by atoms with Crippen LogP contribution >= 0.6 is 0 Å². The van der Waals surface area contributed by atoms with Gasteiger partial charge in [-0.1, -0.05) is 49.4 Å². The summed E-state index contributed by atoms with van der Waals surface area (Å²) >= 11 is 0. The first-order chi connectivity index (χ1) is 13.9. The summed E-state index contributed by atoms with van der Waals surface area (Å²) in [6.45, 7) is 4.41. The number of hydrogen-bond donors (Lipinski definition) is 2. The topological polar surface area (TPSA) is 70.8 Å². The molecule has 1 fully saturated rings. The van der Waals surface area contributed by atoms with Crippen molar-refractivity contribution in [2.24, 2.45) is 5.73 Å². The number of carbonyl (C=O) groups is 1. The Hall–Kier alpha value is -2.57. The minimum Gasteiger partial charge on any atom is -0.426 e. The number of nitrogens with one attached hydrogen (secondary N) is 1. The molecule has 0 aliphatic carbocycles. The van der Waals surface area contributed by atoms with Crippen LogP contribution in [-0.2, 0) is 16.6 Å². The molecule has 2 aromatic carbocycles. The van der Waals surface area contributed by atoms with Crippen LogP contribution in [0.1, 0.15) is 36.3 Å². The summed E-state index contributed by atoms with van der Waals surface area (Å²) in [5, 5.41) is 3.08. The number of nitrogens with zero attached hydrogens (tertiary/aromatic N) is 2. The largest absolute Gasteiger partial charge is 0.426 e. The second-order valence-corrected chi connectivity index (χ2v) is 8.37. The Morgan fingerprint density at radius 1 is 1.17 bits per heavy atom. The van der Waals surface area contributed by atoms with Gasteiger partial charge in [0.05, 0.1) is 6.17 Å². The first kappa shape index (κ1) is 19.7. The van der Waals surface area contributed by atoms with E-state index in [1.807, 2.05) is 24.3 Å². The first-order valence-corrected chi connectivity index (χ1v) is 10.2. The van der Waals surface area contributed by atoms with Gasteiger partial charge in [-0.2, -0.15) is 0 Å². The van der Waals surface area contributed by atoms with E-state index in [9.17, 15) is 4.79 Å². The van der Waals surface area contributed by atoms with E-state index in [0.29, 0.717) is 11.6 Å². The number of amides is 1. The summed E-state index contributed by atoms with van der Waals surface area (Å²) < 4.78 is 4.95. The van der Waals surface area contributed by atoms with Crippen LogP contribution in [0.5, 0.6) is 0 Å². The van der Waals surface area contributed by atoms with Crippen molar-refractivity contribution >= 4 is 11.8 Å². The molecular formula is C23H30N4O2. The van der Waals surface area contributed by atoms with Crippen molar-refractivity contribution in [3.05, 3.63) is 65.2 Å². The Morgan fingerprint density at radius 2 is 1.90 bits per heavy atom. The molecule has 3 heterocycles. The van der Waals surface area contributed by atoms with Crippen molar-refractivity contribution < 1.29 is 9.53 Å². The molecule has 3 atom stereocenters. The van der Waals surface area contributed by atoms with Crippen molar-refractivity contribution in [2.75, 3.05) is 32.1 Å². The van der Waals surface area contributed by atoms with E-state index in [1.54, 1.807) is 0 Å². The lowest BCUT2D eigenvalue weighted by Gasteiger charge is -2.32. The maximum absolute atomic E-state index is 10.6.